The Morgan fingerprint density at radius 1 is 1.36 bits per heavy atom. The number of benzene rings is 1. The first-order valence-electron chi connectivity index (χ1n) is 8.41. The predicted octanol–water partition coefficient (Wildman–Crippen LogP) is 2.19. The molecule has 1 saturated heterocycles. The van der Waals surface area contributed by atoms with Crippen molar-refractivity contribution in [2.45, 2.75) is 13.0 Å². The van der Waals surface area contributed by atoms with E-state index in [0.717, 1.165) is 24.3 Å². The van der Waals surface area contributed by atoms with Gasteiger partial charge in [-0.05, 0) is 18.6 Å². The molecule has 3 rings (SSSR count). The highest BCUT2D eigenvalue weighted by Gasteiger charge is 2.25. The molecule has 1 atom stereocenters. The lowest BCUT2D eigenvalue weighted by atomic mass is 10.0. The summed E-state index contributed by atoms with van der Waals surface area (Å²) in [5.74, 6) is -0.115. The van der Waals surface area contributed by atoms with Crippen LogP contribution in [0.1, 0.15) is 27.7 Å². The second-order valence-corrected chi connectivity index (χ2v) is 6.57. The smallest absolute Gasteiger partial charge is 0.254 e. The van der Waals surface area contributed by atoms with Gasteiger partial charge in [0.15, 0.2) is 0 Å². The first kappa shape index (κ1) is 17.9. The van der Waals surface area contributed by atoms with Crippen molar-refractivity contribution in [2.24, 2.45) is 7.05 Å². The first-order chi connectivity index (χ1) is 12.1. The Bertz CT molecular complexity index is 740. The van der Waals surface area contributed by atoms with Gasteiger partial charge in [0.1, 0.15) is 0 Å². The summed E-state index contributed by atoms with van der Waals surface area (Å²) in [4.78, 5) is 14.8. The van der Waals surface area contributed by atoms with Crippen molar-refractivity contribution in [2.75, 3.05) is 32.8 Å². The molecule has 134 valence electrons. The zero-order valence-electron chi connectivity index (χ0n) is 14.5. The summed E-state index contributed by atoms with van der Waals surface area (Å²) < 4.78 is 7.15. The van der Waals surface area contributed by atoms with Gasteiger partial charge in [-0.15, -0.1) is 0 Å². The zero-order chi connectivity index (χ0) is 17.8. The number of nitrogens with one attached hydrogen (secondary N) is 1. The Morgan fingerprint density at radius 3 is 2.72 bits per heavy atom. The Hall–Kier alpha value is -1.89. The lowest BCUT2D eigenvalue weighted by Gasteiger charge is -2.35. The maximum Gasteiger partial charge on any atom is 0.254 e. The van der Waals surface area contributed by atoms with E-state index in [0.29, 0.717) is 30.3 Å². The molecule has 1 aromatic heterocycles. The van der Waals surface area contributed by atoms with Gasteiger partial charge in [0.05, 0.1) is 31.0 Å². The van der Waals surface area contributed by atoms with E-state index in [2.05, 4.69) is 15.3 Å². The maximum absolute atomic E-state index is 12.5. The molecule has 7 heteroatoms. The number of rotatable bonds is 5. The molecule has 6 nitrogen and oxygen atoms in total. The van der Waals surface area contributed by atoms with Crippen molar-refractivity contribution in [3.05, 3.63) is 52.3 Å². The van der Waals surface area contributed by atoms with Crippen LogP contribution in [0, 0.1) is 6.92 Å². The molecule has 0 bridgehead atoms. The summed E-state index contributed by atoms with van der Waals surface area (Å²) >= 11 is 6.42. The quantitative estimate of drug-likeness (QED) is 0.885. The van der Waals surface area contributed by atoms with Gasteiger partial charge in [-0.25, -0.2) is 0 Å². The lowest BCUT2D eigenvalue weighted by molar-refractivity contribution is 0.0162. The summed E-state index contributed by atoms with van der Waals surface area (Å²) in [6.45, 7) is 5.38. The molecule has 0 saturated carbocycles. The number of halogens is 1. The topological polar surface area (TPSA) is 59.4 Å². The number of amides is 1. The second kappa shape index (κ2) is 7.99. The van der Waals surface area contributed by atoms with Crippen LogP contribution in [0.2, 0.25) is 5.02 Å². The third-order valence-electron chi connectivity index (χ3n) is 4.69. The first-order valence-corrected chi connectivity index (χ1v) is 8.78. The summed E-state index contributed by atoms with van der Waals surface area (Å²) in [5.41, 5.74) is 2.47. The Kier molecular flexibility index (Phi) is 5.73. The van der Waals surface area contributed by atoms with Crippen LogP contribution in [0.4, 0.5) is 0 Å². The van der Waals surface area contributed by atoms with Crippen LogP contribution in [0.3, 0.4) is 0 Å². The van der Waals surface area contributed by atoms with Crippen LogP contribution in [0.5, 0.6) is 0 Å². The fourth-order valence-electron chi connectivity index (χ4n) is 3.08. The van der Waals surface area contributed by atoms with Crippen molar-refractivity contribution in [1.82, 2.24) is 20.0 Å². The lowest BCUT2D eigenvalue weighted by Crippen LogP contribution is -2.44. The molecule has 2 aromatic rings. The van der Waals surface area contributed by atoms with Crippen molar-refractivity contribution in [3.63, 3.8) is 0 Å². The highest BCUT2D eigenvalue weighted by molar-refractivity contribution is 6.31. The van der Waals surface area contributed by atoms with Crippen LogP contribution < -0.4 is 5.32 Å². The number of hydrogen-bond acceptors (Lipinski definition) is 4. The van der Waals surface area contributed by atoms with Gasteiger partial charge < -0.3 is 10.1 Å². The number of aryl methyl sites for hydroxylation is 1. The van der Waals surface area contributed by atoms with Crippen LogP contribution in [-0.2, 0) is 11.8 Å². The maximum atomic E-state index is 12.5. The standard InChI is InChI=1S/C18H23ClN4O2/c1-13-15(11-21-22(13)2)18(24)20-12-17(23-7-9-25-10-8-23)14-5-3-4-6-16(14)19/h3-6,11,17H,7-10,12H2,1-2H3,(H,20,24). The molecule has 1 amide bonds. The van der Waals surface area contributed by atoms with Gasteiger partial charge in [0.25, 0.3) is 5.91 Å². The number of aromatic nitrogens is 2. The molecule has 1 aliphatic heterocycles. The van der Waals surface area contributed by atoms with E-state index in [-0.39, 0.29) is 11.9 Å². The Labute approximate surface area is 152 Å². The molecule has 0 spiro atoms. The number of morpholine rings is 1. The summed E-state index contributed by atoms with van der Waals surface area (Å²) in [6.07, 6.45) is 1.60. The number of hydrogen-bond donors (Lipinski definition) is 1. The van der Waals surface area contributed by atoms with E-state index in [4.69, 9.17) is 16.3 Å². The van der Waals surface area contributed by atoms with Gasteiger partial charge >= 0.3 is 0 Å². The van der Waals surface area contributed by atoms with Gasteiger partial charge in [-0.2, -0.15) is 5.10 Å². The van der Waals surface area contributed by atoms with Crippen molar-refractivity contribution in [3.8, 4) is 0 Å². The average Bonchev–Trinajstić information content (AvgIpc) is 2.96. The van der Waals surface area contributed by atoms with Crippen LogP contribution in [-0.4, -0.2) is 53.4 Å². The fraction of sp³-hybridized carbons (Fsp3) is 0.444. The summed E-state index contributed by atoms with van der Waals surface area (Å²) in [7, 11) is 1.83. The number of carbonyl (C=O) groups excluding carboxylic acids is 1. The molecule has 0 radical (unpaired) electrons. The van der Waals surface area contributed by atoms with Gasteiger partial charge in [0, 0.05) is 37.4 Å². The largest absolute Gasteiger partial charge is 0.379 e. The summed E-state index contributed by atoms with van der Waals surface area (Å²) in [6, 6.07) is 7.81. The fourth-order valence-corrected chi connectivity index (χ4v) is 3.34. The number of nitrogens with zero attached hydrogens (tertiary/aromatic N) is 3. The molecular weight excluding hydrogens is 340 g/mol. The van der Waals surface area contributed by atoms with Crippen molar-refractivity contribution >= 4 is 17.5 Å². The van der Waals surface area contributed by atoms with Crippen molar-refractivity contribution < 1.29 is 9.53 Å². The summed E-state index contributed by atoms with van der Waals surface area (Å²) in [5, 5.41) is 7.89. The highest BCUT2D eigenvalue weighted by atomic mass is 35.5. The molecule has 0 aliphatic carbocycles. The number of ether oxygens (including phenoxy) is 1. The van der Waals surface area contributed by atoms with Crippen molar-refractivity contribution in [1.29, 1.82) is 0 Å². The number of carbonyl (C=O) groups is 1. The Balaban J connectivity index is 1.77. The molecule has 1 aliphatic rings. The van der Waals surface area contributed by atoms with Crippen LogP contribution in [0.15, 0.2) is 30.5 Å². The average molecular weight is 363 g/mol. The third-order valence-corrected chi connectivity index (χ3v) is 5.03. The van der Waals surface area contributed by atoms with Gasteiger partial charge in [-0.3, -0.25) is 14.4 Å². The van der Waals surface area contributed by atoms with Gasteiger partial charge in [0.2, 0.25) is 0 Å². The SMILES string of the molecule is Cc1c(C(=O)NCC(c2ccccc2Cl)N2CCOCC2)cnn1C. The van der Waals surface area contributed by atoms with E-state index < -0.39 is 0 Å². The third kappa shape index (κ3) is 4.03. The van der Waals surface area contributed by atoms with E-state index in [9.17, 15) is 4.79 Å². The second-order valence-electron chi connectivity index (χ2n) is 6.16. The Morgan fingerprint density at radius 2 is 2.08 bits per heavy atom. The minimum absolute atomic E-state index is 0.0125. The molecule has 2 heterocycles. The normalized spacial score (nSPS) is 16.6. The monoisotopic (exact) mass is 362 g/mol. The molecule has 1 aromatic carbocycles. The molecule has 1 unspecified atom stereocenters. The molecule has 1 N–H and O–H groups in total. The minimum Gasteiger partial charge on any atom is -0.379 e. The van der Waals surface area contributed by atoms with Crippen LogP contribution in [0.25, 0.3) is 0 Å². The minimum atomic E-state index is -0.115. The predicted molar refractivity (Wildman–Crippen MR) is 96.9 cm³/mol. The van der Waals surface area contributed by atoms with E-state index in [1.165, 1.54) is 0 Å². The van der Waals surface area contributed by atoms with E-state index in [1.807, 2.05) is 38.2 Å². The molecule has 25 heavy (non-hydrogen) atoms. The van der Waals surface area contributed by atoms with Crippen LogP contribution >= 0.6 is 11.6 Å². The zero-order valence-corrected chi connectivity index (χ0v) is 15.3. The van der Waals surface area contributed by atoms with E-state index in [1.54, 1.807) is 10.9 Å². The van der Waals surface area contributed by atoms with E-state index >= 15 is 0 Å². The molecular formula is C18H23ClN4O2. The van der Waals surface area contributed by atoms with Gasteiger partial charge in [-0.1, -0.05) is 29.8 Å². The highest BCUT2D eigenvalue weighted by Crippen LogP contribution is 2.27. The molecule has 1 fully saturated rings.